The van der Waals surface area contributed by atoms with Crippen LogP contribution in [0.25, 0.3) is 11.1 Å². The Kier molecular flexibility index (Phi) is 6.88. The largest absolute Gasteiger partial charge is 0.480 e. The normalized spacial score (nSPS) is 20.9. The van der Waals surface area contributed by atoms with Crippen LogP contribution in [0.4, 0.5) is 4.79 Å². The Hall–Kier alpha value is -3.39. The summed E-state index contributed by atoms with van der Waals surface area (Å²) in [5, 5.41) is 22.0. The number of β-amino-alcohol motifs (C(OH)–C–C–N with tert-alkyl or cyclic N) is 1. The first kappa shape index (κ1) is 23.8. The van der Waals surface area contributed by atoms with Gasteiger partial charge in [-0.05, 0) is 28.2 Å². The van der Waals surface area contributed by atoms with Gasteiger partial charge >= 0.3 is 12.1 Å². The quantitative estimate of drug-likeness (QED) is 0.578. The van der Waals surface area contributed by atoms with Crippen molar-refractivity contribution in [2.75, 3.05) is 13.2 Å². The lowest BCUT2D eigenvalue weighted by Crippen LogP contribution is -2.54. The van der Waals surface area contributed by atoms with Gasteiger partial charge in [-0.2, -0.15) is 0 Å². The minimum Gasteiger partial charge on any atom is -0.480 e. The molecule has 1 aliphatic heterocycles. The Morgan fingerprint density at radius 1 is 1.09 bits per heavy atom. The monoisotopic (exact) mass is 466 g/mol. The van der Waals surface area contributed by atoms with Gasteiger partial charge in [-0.25, -0.2) is 9.59 Å². The molecule has 2 amide bonds. The van der Waals surface area contributed by atoms with Crippen LogP contribution in [-0.2, 0) is 14.3 Å². The SMILES string of the molecule is CCC(C)[C@H](NC(=O)OCC1c2ccccc2-c2ccccc21)C(=O)N1CC(O)C[C@H]1C(=O)O. The molecule has 0 aromatic heterocycles. The Morgan fingerprint density at radius 2 is 1.68 bits per heavy atom. The lowest BCUT2D eigenvalue weighted by atomic mass is 9.97. The lowest BCUT2D eigenvalue weighted by Gasteiger charge is -2.30. The van der Waals surface area contributed by atoms with E-state index in [1.807, 2.05) is 50.2 Å². The molecule has 2 aromatic carbocycles. The number of hydrogen-bond donors (Lipinski definition) is 3. The van der Waals surface area contributed by atoms with E-state index >= 15 is 0 Å². The minimum atomic E-state index is -1.17. The summed E-state index contributed by atoms with van der Waals surface area (Å²) in [6.45, 7) is 3.74. The molecule has 1 fully saturated rings. The molecule has 2 aromatic rings. The van der Waals surface area contributed by atoms with Gasteiger partial charge in [0.2, 0.25) is 5.91 Å². The van der Waals surface area contributed by atoms with E-state index in [2.05, 4.69) is 17.4 Å². The van der Waals surface area contributed by atoms with Crippen LogP contribution in [0.5, 0.6) is 0 Å². The Balaban J connectivity index is 1.46. The molecule has 8 heteroatoms. The van der Waals surface area contributed by atoms with Gasteiger partial charge in [0.05, 0.1) is 6.10 Å². The van der Waals surface area contributed by atoms with Crippen LogP contribution in [0.3, 0.4) is 0 Å². The highest BCUT2D eigenvalue weighted by molar-refractivity contribution is 5.90. The summed E-state index contributed by atoms with van der Waals surface area (Å²) in [4.78, 5) is 38.7. The third kappa shape index (κ3) is 4.50. The maximum absolute atomic E-state index is 13.2. The number of aliphatic hydroxyl groups excluding tert-OH is 1. The number of carbonyl (C=O) groups excluding carboxylic acids is 2. The van der Waals surface area contributed by atoms with Crippen molar-refractivity contribution in [1.82, 2.24) is 10.2 Å². The zero-order valence-electron chi connectivity index (χ0n) is 19.3. The summed E-state index contributed by atoms with van der Waals surface area (Å²) in [5.74, 6) is -2.05. The summed E-state index contributed by atoms with van der Waals surface area (Å²) < 4.78 is 5.59. The number of aliphatic hydroxyl groups is 1. The van der Waals surface area contributed by atoms with Gasteiger partial charge in [-0.3, -0.25) is 4.79 Å². The molecule has 4 atom stereocenters. The molecular weight excluding hydrogens is 436 g/mol. The Labute approximate surface area is 198 Å². The number of carbonyl (C=O) groups is 3. The summed E-state index contributed by atoms with van der Waals surface area (Å²) in [7, 11) is 0. The standard InChI is InChI=1S/C26H30N2O6/c1-3-15(2)23(24(30)28-13-16(29)12-22(28)25(31)32)27-26(33)34-14-21-19-10-6-4-8-17(19)18-9-5-7-11-20(18)21/h4-11,15-16,21-23,29H,3,12-14H2,1-2H3,(H,27,33)(H,31,32)/t15?,16?,22-,23-/m0/s1. The van der Waals surface area contributed by atoms with Gasteiger partial charge in [-0.1, -0.05) is 68.8 Å². The predicted molar refractivity (Wildman–Crippen MR) is 125 cm³/mol. The topological polar surface area (TPSA) is 116 Å². The van der Waals surface area contributed by atoms with Gasteiger partial charge < -0.3 is 25.2 Å². The van der Waals surface area contributed by atoms with Gasteiger partial charge in [-0.15, -0.1) is 0 Å². The van der Waals surface area contributed by atoms with Crippen LogP contribution in [0, 0.1) is 5.92 Å². The zero-order valence-corrected chi connectivity index (χ0v) is 19.3. The maximum atomic E-state index is 13.2. The summed E-state index contributed by atoms with van der Waals surface area (Å²) >= 11 is 0. The Morgan fingerprint density at radius 3 is 2.24 bits per heavy atom. The first-order valence-corrected chi connectivity index (χ1v) is 11.6. The van der Waals surface area contributed by atoms with Crippen molar-refractivity contribution in [2.45, 2.75) is 50.8 Å². The Bertz CT molecular complexity index is 1040. The number of amides is 2. The minimum absolute atomic E-state index is 0.0285. The molecule has 1 aliphatic carbocycles. The number of nitrogens with one attached hydrogen (secondary N) is 1. The third-order valence-corrected chi connectivity index (χ3v) is 6.94. The molecular formula is C26H30N2O6. The maximum Gasteiger partial charge on any atom is 0.407 e. The fraction of sp³-hybridized carbons (Fsp3) is 0.423. The summed E-state index contributed by atoms with van der Waals surface area (Å²) in [6.07, 6.45) is -1.07. The molecule has 0 radical (unpaired) electrons. The summed E-state index contributed by atoms with van der Waals surface area (Å²) in [5.41, 5.74) is 4.40. The molecule has 4 rings (SSSR count). The van der Waals surface area contributed by atoms with Gasteiger partial charge in [0.15, 0.2) is 0 Å². The van der Waals surface area contributed by atoms with E-state index in [0.717, 1.165) is 27.2 Å². The number of carboxylic acid groups (broad SMARTS) is 1. The van der Waals surface area contributed by atoms with Crippen LogP contribution in [-0.4, -0.2) is 64.4 Å². The molecule has 2 aliphatic rings. The van der Waals surface area contributed by atoms with E-state index in [9.17, 15) is 24.6 Å². The van der Waals surface area contributed by atoms with E-state index in [0.29, 0.717) is 6.42 Å². The highest BCUT2D eigenvalue weighted by atomic mass is 16.5. The third-order valence-electron chi connectivity index (χ3n) is 6.94. The number of ether oxygens (including phenoxy) is 1. The molecule has 180 valence electrons. The second-order valence-electron chi connectivity index (χ2n) is 9.07. The number of alkyl carbamates (subject to hydrolysis) is 1. The van der Waals surface area contributed by atoms with Crippen molar-refractivity contribution in [1.29, 1.82) is 0 Å². The molecule has 34 heavy (non-hydrogen) atoms. The second-order valence-corrected chi connectivity index (χ2v) is 9.07. The molecule has 8 nitrogen and oxygen atoms in total. The van der Waals surface area contributed by atoms with Crippen LogP contribution < -0.4 is 5.32 Å². The van der Waals surface area contributed by atoms with Gasteiger partial charge in [0, 0.05) is 18.9 Å². The number of hydrogen-bond acceptors (Lipinski definition) is 5. The smallest absolute Gasteiger partial charge is 0.407 e. The number of nitrogens with zero attached hydrogens (tertiary/aromatic N) is 1. The fourth-order valence-electron chi connectivity index (χ4n) is 4.92. The second kappa shape index (κ2) is 9.85. The predicted octanol–water partition coefficient (Wildman–Crippen LogP) is 2.99. The van der Waals surface area contributed by atoms with Crippen molar-refractivity contribution >= 4 is 18.0 Å². The average molecular weight is 467 g/mol. The van der Waals surface area contributed by atoms with Gasteiger partial charge in [0.1, 0.15) is 18.7 Å². The van der Waals surface area contributed by atoms with Crippen LogP contribution >= 0.6 is 0 Å². The zero-order chi connectivity index (χ0) is 24.4. The van der Waals surface area contributed by atoms with Crippen molar-refractivity contribution in [2.24, 2.45) is 5.92 Å². The van der Waals surface area contributed by atoms with E-state index < -0.39 is 36.2 Å². The first-order valence-electron chi connectivity index (χ1n) is 11.6. The average Bonchev–Trinajstić information content (AvgIpc) is 3.38. The molecule has 3 N–H and O–H groups in total. The molecule has 1 saturated heterocycles. The molecule has 0 bridgehead atoms. The number of carboxylic acids is 1. The van der Waals surface area contributed by atoms with Crippen molar-refractivity contribution < 1.29 is 29.3 Å². The number of fused-ring (bicyclic) bond motifs is 3. The summed E-state index contributed by atoms with van der Waals surface area (Å²) in [6, 6.07) is 14.0. The fourth-order valence-corrected chi connectivity index (χ4v) is 4.92. The van der Waals surface area contributed by atoms with Crippen LogP contribution in [0.1, 0.15) is 43.7 Å². The number of benzene rings is 2. The van der Waals surface area contributed by atoms with E-state index in [1.165, 1.54) is 0 Å². The van der Waals surface area contributed by atoms with E-state index in [4.69, 9.17) is 4.74 Å². The van der Waals surface area contributed by atoms with Crippen molar-refractivity contribution in [3.8, 4) is 11.1 Å². The van der Waals surface area contributed by atoms with E-state index in [1.54, 1.807) is 0 Å². The molecule has 2 unspecified atom stereocenters. The van der Waals surface area contributed by atoms with Crippen molar-refractivity contribution in [3.63, 3.8) is 0 Å². The highest BCUT2D eigenvalue weighted by Gasteiger charge is 2.42. The van der Waals surface area contributed by atoms with Crippen LogP contribution in [0.15, 0.2) is 48.5 Å². The van der Waals surface area contributed by atoms with Crippen molar-refractivity contribution in [3.05, 3.63) is 59.7 Å². The molecule has 0 saturated carbocycles. The van der Waals surface area contributed by atoms with Gasteiger partial charge in [0.25, 0.3) is 0 Å². The molecule has 0 spiro atoms. The number of likely N-dealkylation sites (tertiary alicyclic amines) is 1. The first-order chi connectivity index (χ1) is 16.3. The number of aliphatic carboxylic acids is 1. The lowest BCUT2D eigenvalue weighted by molar-refractivity contribution is -0.149. The van der Waals surface area contributed by atoms with Crippen LogP contribution in [0.2, 0.25) is 0 Å². The number of rotatable bonds is 7. The van der Waals surface area contributed by atoms with E-state index in [-0.39, 0.29) is 31.4 Å². The molecule has 1 heterocycles. The highest BCUT2D eigenvalue weighted by Crippen LogP contribution is 2.44.